The molecule has 1 aliphatic heterocycles. The third kappa shape index (κ3) is 3.46. The highest BCUT2D eigenvalue weighted by molar-refractivity contribution is 5.92. The van der Waals surface area contributed by atoms with Gasteiger partial charge in [0, 0.05) is 19.1 Å². The van der Waals surface area contributed by atoms with E-state index in [1.54, 1.807) is 11.8 Å². The Morgan fingerprint density at radius 2 is 2.26 bits per heavy atom. The van der Waals surface area contributed by atoms with Gasteiger partial charge < -0.3 is 19.4 Å². The molecule has 1 N–H and O–H groups in total. The Labute approximate surface area is 110 Å². The van der Waals surface area contributed by atoms with Crippen molar-refractivity contribution >= 4 is 12.0 Å². The molecule has 2 rings (SSSR count). The second-order valence-corrected chi connectivity index (χ2v) is 4.31. The highest BCUT2D eigenvalue weighted by Crippen LogP contribution is 2.12. The Morgan fingerprint density at radius 1 is 1.53 bits per heavy atom. The molecule has 0 radical (unpaired) electrons. The molecule has 0 saturated carbocycles. The van der Waals surface area contributed by atoms with Crippen LogP contribution < -0.4 is 5.32 Å². The van der Waals surface area contributed by atoms with E-state index >= 15 is 0 Å². The van der Waals surface area contributed by atoms with Crippen molar-refractivity contribution in [1.29, 1.82) is 0 Å². The Balaban J connectivity index is 1.77. The van der Waals surface area contributed by atoms with Crippen LogP contribution in [0.2, 0.25) is 0 Å². The first-order chi connectivity index (χ1) is 9.20. The first-order valence-electron chi connectivity index (χ1n) is 6.31. The number of amides is 2. The lowest BCUT2D eigenvalue weighted by molar-refractivity contribution is 0.0856. The fraction of sp³-hybridized carbons (Fsp3) is 0.583. The molecule has 1 aliphatic rings. The molecular weight excluding hydrogens is 250 g/mol. The number of carbonyl (C=O) groups is 2. The molecule has 0 bridgehead atoms. The van der Waals surface area contributed by atoms with Gasteiger partial charge in [-0.05, 0) is 19.8 Å². The summed E-state index contributed by atoms with van der Waals surface area (Å²) in [6.07, 6.45) is 3.66. The van der Waals surface area contributed by atoms with Gasteiger partial charge in [-0.2, -0.15) is 0 Å². The number of likely N-dealkylation sites (tertiary alicyclic amines) is 1. The fourth-order valence-electron chi connectivity index (χ4n) is 2.01. The summed E-state index contributed by atoms with van der Waals surface area (Å²) >= 11 is 0. The molecule has 1 fully saturated rings. The van der Waals surface area contributed by atoms with Crippen molar-refractivity contribution in [2.24, 2.45) is 0 Å². The van der Waals surface area contributed by atoms with E-state index in [0.29, 0.717) is 32.5 Å². The summed E-state index contributed by atoms with van der Waals surface area (Å²) in [5, 5.41) is 2.87. The minimum absolute atomic E-state index is 0.0508. The zero-order valence-corrected chi connectivity index (χ0v) is 10.8. The molecule has 0 atom stereocenters. The van der Waals surface area contributed by atoms with Crippen molar-refractivity contribution in [2.75, 3.05) is 19.7 Å². The number of nitrogens with zero attached hydrogens (tertiary/aromatic N) is 2. The summed E-state index contributed by atoms with van der Waals surface area (Å²) in [6.45, 7) is 3.33. The average Bonchev–Trinajstić information content (AvgIpc) is 2.94. The van der Waals surface area contributed by atoms with E-state index in [1.165, 1.54) is 12.7 Å². The fourth-order valence-corrected chi connectivity index (χ4v) is 2.01. The molecule has 19 heavy (non-hydrogen) atoms. The van der Waals surface area contributed by atoms with Crippen LogP contribution in [0.15, 0.2) is 17.1 Å². The van der Waals surface area contributed by atoms with Crippen molar-refractivity contribution in [2.45, 2.75) is 25.8 Å². The number of aromatic nitrogens is 1. The smallest absolute Gasteiger partial charge is 0.409 e. The molecule has 1 aromatic heterocycles. The molecule has 7 nitrogen and oxygen atoms in total. The van der Waals surface area contributed by atoms with Gasteiger partial charge in [0.2, 0.25) is 0 Å². The Morgan fingerprint density at radius 3 is 2.84 bits per heavy atom. The lowest BCUT2D eigenvalue weighted by atomic mass is 10.1. The maximum absolute atomic E-state index is 11.8. The van der Waals surface area contributed by atoms with E-state index in [0.717, 1.165) is 0 Å². The van der Waals surface area contributed by atoms with Gasteiger partial charge in [-0.3, -0.25) is 4.79 Å². The first kappa shape index (κ1) is 13.4. The summed E-state index contributed by atoms with van der Waals surface area (Å²) in [6, 6.07) is 0.0508. The highest BCUT2D eigenvalue weighted by atomic mass is 16.6. The van der Waals surface area contributed by atoms with Gasteiger partial charge in [0.25, 0.3) is 5.91 Å². The van der Waals surface area contributed by atoms with E-state index in [-0.39, 0.29) is 23.7 Å². The predicted molar refractivity (Wildman–Crippen MR) is 65.6 cm³/mol. The number of oxazole rings is 1. The van der Waals surface area contributed by atoms with Crippen LogP contribution in [0.4, 0.5) is 4.79 Å². The van der Waals surface area contributed by atoms with Crippen LogP contribution >= 0.6 is 0 Å². The zero-order chi connectivity index (χ0) is 13.7. The van der Waals surface area contributed by atoms with Gasteiger partial charge in [-0.25, -0.2) is 9.78 Å². The number of rotatable bonds is 3. The standard InChI is InChI=1S/C12H17N3O4/c1-2-19-12(17)15-5-3-9(4-6-15)14-11(16)10-7-18-8-13-10/h7-9H,2-6H2,1H3,(H,14,16). The summed E-state index contributed by atoms with van der Waals surface area (Å²) in [5.41, 5.74) is 0.271. The van der Waals surface area contributed by atoms with Crippen molar-refractivity contribution in [3.63, 3.8) is 0 Å². The van der Waals surface area contributed by atoms with Crippen LogP contribution in [-0.2, 0) is 4.74 Å². The van der Waals surface area contributed by atoms with Gasteiger partial charge in [0.15, 0.2) is 12.1 Å². The van der Waals surface area contributed by atoms with E-state index < -0.39 is 0 Å². The molecule has 104 valence electrons. The van der Waals surface area contributed by atoms with Gasteiger partial charge in [-0.15, -0.1) is 0 Å². The maximum atomic E-state index is 11.8. The molecule has 2 heterocycles. The lowest BCUT2D eigenvalue weighted by Gasteiger charge is -2.31. The third-order valence-corrected chi connectivity index (χ3v) is 3.02. The summed E-state index contributed by atoms with van der Waals surface area (Å²) < 4.78 is 9.69. The van der Waals surface area contributed by atoms with Crippen LogP contribution in [0.1, 0.15) is 30.3 Å². The summed E-state index contributed by atoms with van der Waals surface area (Å²) in [4.78, 5) is 28.7. The summed E-state index contributed by atoms with van der Waals surface area (Å²) in [5.74, 6) is -0.247. The average molecular weight is 267 g/mol. The molecule has 2 amide bonds. The normalized spacial score (nSPS) is 16.2. The van der Waals surface area contributed by atoms with Crippen LogP contribution in [0.5, 0.6) is 0 Å². The first-order valence-corrected chi connectivity index (χ1v) is 6.31. The number of ether oxygens (including phenoxy) is 1. The van der Waals surface area contributed by atoms with E-state index in [2.05, 4.69) is 10.3 Å². The Bertz CT molecular complexity index is 424. The van der Waals surface area contributed by atoms with Crippen LogP contribution in [0, 0.1) is 0 Å². The van der Waals surface area contributed by atoms with E-state index in [9.17, 15) is 9.59 Å². The van der Waals surface area contributed by atoms with Crippen LogP contribution in [0.25, 0.3) is 0 Å². The SMILES string of the molecule is CCOC(=O)N1CCC(NC(=O)c2cocn2)CC1. The maximum Gasteiger partial charge on any atom is 0.409 e. The molecule has 0 unspecified atom stereocenters. The van der Waals surface area contributed by atoms with Crippen molar-refractivity contribution in [3.05, 3.63) is 18.4 Å². The minimum atomic E-state index is -0.288. The lowest BCUT2D eigenvalue weighted by Crippen LogP contribution is -2.46. The predicted octanol–water partition coefficient (Wildman–Crippen LogP) is 1.03. The monoisotopic (exact) mass is 267 g/mol. The van der Waals surface area contributed by atoms with Crippen LogP contribution in [-0.4, -0.2) is 47.6 Å². The number of carbonyl (C=O) groups excluding carboxylic acids is 2. The number of hydrogen-bond acceptors (Lipinski definition) is 5. The molecule has 0 aromatic carbocycles. The number of piperidine rings is 1. The van der Waals surface area contributed by atoms with Gasteiger partial charge in [0.1, 0.15) is 6.26 Å². The topological polar surface area (TPSA) is 84.7 Å². The van der Waals surface area contributed by atoms with Crippen molar-refractivity contribution in [1.82, 2.24) is 15.2 Å². The second-order valence-electron chi connectivity index (χ2n) is 4.31. The van der Waals surface area contributed by atoms with Gasteiger partial charge in [0.05, 0.1) is 6.61 Å². The quantitative estimate of drug-likeness (QED) is 0.884. The molecule has 1 saturated heterocycles. The molecule has 0 spiro atoms. The zero-order valence-electron chi connectivity index (χ0n) is 10.8. The van der Waals surface area contributed by atoms with E-state index in [1.807, 2.05) is 0 Å². The van der Waals surface area contributed by atoms with Gasteiger partial charge in [-0.1, -0.05) is 0 Å². The van der Waals surface area contributed by atoms with Crippen molar-refractivity contribution < 1.29 is 18.7 Å². The molecular formula is C12H17N3O4. The molecule has 0 aliphatic carbocycles. The summed E-state index contributed by atoms with van der Waals surface area (Å²) in [7, 11) is 0. The van der Waals surface area contributed by atoms with Gasteiger partial charge >= 0.3 is 6.09 Å². The Kier molecular flexibility index (Phi) is 4.38. The number of nitrogens with one attached hydrogen (secondary N) is 1. The largest absolute Gasteiger partial charge is 0.451 e. The highest BCUT2D eigenvalue weighted by Gasteiger charge is 2.25. The number of hydrogen-bond donors (Lipinski definition) is 1. The third-order valence-electron chi connectivity index (χ3n) is 3.02. The second kappa shape index (κ2) is 6.21. The van der Waals surface area contributed by atoms with Crippen molar-refractivity contribution in [3.8, 4) is 0 Å². The molecule has 7 heteroatoms. The molecule has 1 aromatic rings. The van der Waals surface area contributed by atoms with Crippen LogP contribution in [0.3, 0.4) is 0 Å². The Hall–Kier alpha value is -2.05. The van der Waals surface area contributed by atoms with E-state index in [4.69, 9.17) is 9.15 Å². The minimum Gasteiger partial charge on any atom is -0.451 e.